The molecule has 0 spiro atoms. The van der Waals surface area contributed by atoms with Crippen LogP contribution in [0.3, 0.4) is 0 Å². The highest BCUT2D eigenvalue weighted by atomic mass is 19.1. The topological polar surface area (TPSA) is 163 Å². The van der Waals surface area contributed by atoms with Crippen LogP contribution in [0.1, 0.15) is 88.9 Å². The van der Waals surface area contributed by atoms with Crippen LogP contribution in [0.4, 0.5) is 56.5 Å². The van der Waals surface area contributed by atoms with E-state index in [1.165, 1.54) is 16.8 Å². The molecule has 3 aliphatic rings. The minimum atomic E-state index is -1.19. The van der Waals surface area contributed by atoms with Gasteiger partial charge in [0.1, 0.15) is 40.3 Å². The summed E-state index contributed by atoms with van der Waals surface area (Å²) in [6.07, 6.45) is 2.28. The summed E-state index contributed by atoms with van der Waals surface area (Å²) in [5.41, 5.74) is -3.55. The number of nitro benzene ring substituents is 2. The van der Waals surface area contributed by atoms with Crippen LogP contribution in [-0.2, 0) is 9.53 Å². The van der Waals surface area contributed by atoms with Crippen LogP contribution in [0, 0.1) is 43.5 Å². The summed E-state index contributed by atoms with van der Waals surface area (Å²) in [6.45, 7) is 6.03. The summed E-state index contributed by atoms with van der Waals surface area (Å²) in [5, 5.41) is 29.4. The Morgan fingerprint density at radius 3 is 1.80 bits per heavy atom. The number of amides is 2. The summed E-state index contributed by atoms with van der Waals surface area (Å²) in [6, 6.07) is 2.29. The molecule has 14 nitrogen and oxygen atoms in total. The molecule has 56 heavy (non-hydrogen) atoms. The first kappa shape index (κ1) is 40.0. The monoisotopic (exact) mass is 785 g/mol. The third-order valence-corrected chi connectivity index (χ3v) is 10.4. The normalized spacial score (nSPS) is 19.9. The van der Waals surface area contributed by atoms with Crippen molar-refractivity contribution in [2.45, 2.75) is 89.4 Å². The molecule has 3 saturated heterocycles. The second-order valence-electron chi connectivity index (χ2n) is 15.2. The number of hydrogen-bond donors (Lipinski definition) is 2. The largest absolute Gasteiger partial charge is 0.444 e. The maximum atomic E-state index is 16.4. The number of halogens is 4. The van der Waals surface area contributed by atoms with Gasteiger partial charge < -0.3 is 25.2 Å². The van der Waals surface area contributed by atoms with Crippen LogP contribution in [0.25, 0.3) is 0 Å². The lowest BCUT2D eigenvalue weighted by molar-refractivity contribution is -0.384. The molecule has 300 valence electrons. The molecular formula is C38H43F4N7O7. The lowest BCUT2D eigenvalue weighted by Gasteiger charge is -2.35. The molecule has 3 aliphatic heterocycles. The fourth-order valence-corrected chi connectivity index (χ4v) is 7.97. The van der Waals surface area contributed by atoms with Crippen LogP contribution >= 0.6 is 0 Å². The van der Waals surface area contributed by atoms with Crippen LogP contribution in [0.2, 0.25) is 0 Å². The second kappa shape index (κ2) is 15.8. The molecule has 3 heterocycles. The Balaban J connectivity index is 1.41. The third kappa shape index (κ3) is 8.00. The van der Waals surface area contributed by atoms with Crippen molar-refractivity contribution in [2.24, 2.45) is 0 Å². The van der Waals surface area contributed by atoms with Crippen LogP contribution < -0.4 is 20.4 Å². The second-order valence-corrected chi connectivity index (χ2v) is 15.2. The number of anilines is 4. The van der Waals surface area contributed by atoms with E-state index in [-0.39, 0.29) is 54.0 Å². The molecule has 3 fully saturated rings. The molecule has 18 heteroatoms. The number of piperidine rings is 1. The maximum absolute atomic E-state index is 16.4. The summed E-state index contributed by atoms with van der Waals surface area (Å²) < 4.78 is 69.5. The predicted molar refractivity (Wildman–Crippen MR) is 200 cm³/mol. The first-order valence-corrected chi connectivity index (χ1v) is 18.4. The van der Waals surface area contributed by atoms with Crippen molar-refractivity contribution in [3.05, 3.63) is 91.0 Å². The van der Waals surface area contributed by atoms with E-state index in [0.717, 1.165) is 55.7 Å². The fourth-order valence-electron chi connectivity index (χ4n) is 7.97. The van der Waals surface area contributed by atoms with Gasteiger partial charge in [0.2, 0.25) is 5.91 Å². The molecule has 3 aromatic rings. The number of carbonyl (C=O) groups is 2. The molecule has 0 aliphatic carbocycles. The van der Waals surface area contributed by atoms with E-state index < -0.39 is 85.9 Å². The van der Waals surface area contributed by atoms with Crippen molar-refractivity contribution in [1.29, 1.82) is 0 Å². The van der Waals surface area contributed by atoms with Crippen molar-refractivity contribution < 1.29 is 41.7 Å². The van der Waals surface area contributed by atoms with E-state index in [1.807, 2.05) is 0 Å². The quantitative estimate of drug-likeness (QED) is 0.122. The molecule has 1 unspecified atom stereocenters. The first-order valence-electron chi connectivity index (χ1n) is 18.4. The van der Waals surface area contributed by atoms with Crippen molar-refractivity contribution in [1.82, 2.24) is 4.90 Å². The molecule has 3 atom stereocenters. The molecule has 6 rings (SSSR count). The van der Waals surface area contributed by atoms with Crippen molar-refractivity contribution in [3.8, 4) is 0 Å². The van der Waals surface area contributed by atoms with Crippen molar-refractivity contribution in [3.63, 3.8) is 0 Å². The number of likely N-dealkylation sites (tertiary alicyclic amines) is 1. The number of rotatable bonds is 9. The van der Waals surface area contributed by atoms with Gasteiger partial charge in [-0.3, -0.25) is 29.9 Å². The molecular weight excluding hydrogens is 742 g/mol. The lowest BCUT2D eigenvalue weighted by atomic mass is 10.0. The summed E-state index contributed by atoms with van der Waals surface area (Å²) >= 11 is 0. The SMILES string of the molecule is CNc1cc(F)c([C@H]2CC[C@H](c3cc([N+](=O)[O-])c(NC(=O)C4CCCN4C(=O)OC(C)(C)C)cc3F)N2c2cc(F)c(N3CCCCC3)c(F)c2)cc1[N+](=O)[O-]. The zero-order valence-electron chi connectivity index (χ0n) is 31.4. The highest BCUT2D eigenvalue weighted by Gasteiger charge is 2.42. The zero-order chi connectivity index (χ0) is 40.6. The van der Waals surface area contributed by atoms with Crippen molar-refractivity contribution >= 4 is 46.1 Å². The summed E-state index contributed by atoms with van der Waals surface area (Å²) in [7, 11) is 1.38. The van der Waals surface area contributed by atoms with Gasteiger partial charge in [0.05, 0.1) is 21.9 Å². The Hall–Kier alpha value is -5.68. The van der Waals surface area contributed by atoms with Gasteiger partial charge in [-0.2, -0.15) is 0 Å². The Morgan fingerprint density at radius 1 is 0.750 bits per heavy atom. The first-order chi connectivity index (χ1) is 26.5. The van der Waals surface area contributed by atoms with Gasteiger partial charge in [-0.25, -0.2) is 22.4 Å². The number of nitro groups is 2. The van der Waals surface area contributed by atoms with Gasteiger partial charge in [-0.1, -0.05) is 0 Å². The van der Waals surface area contributed by atoms with Gasteiger partial charge in [0, 0.05) is 67.8 Å². The van der Waals surface area contributed by atoms with E-state index >= 15 is 17.6 Å². The Labute approximate surface area is 320 Å². The molecule has 0 bridgehead atoms. The number of ether oxygens (including phenoxy) is 1. The van der Waals surface area contributed by atoms with E-state index in [4.69, 9.17) is 4.74 Å². The fraction of sp³-hybridized carbons (Fsp3) is 0.474. The zero-order valence-corrected chi connectivity index (χ0v) is 31.4. The lowest BCUT2D eigenvalue weighted by Crippen LogP contribution is -2.45. The minimum Gasteiger partial charge on any atom is -0.444 e. The van der Waals surface area contributed by atoms with Crippen LogP contribution in [0.5, 0.6) is 0 Å². The van der Waals surface area contributed by atoms with E-state index in [9.17, 15) is 29.8 Å². The van der Waals surface area contributed by atoms with Gasteiger partial charge in [0.15, 0.2) is 11.6 Å². The molecule has 2 N–H and O–H groups in total. The number of nitrogens with one attached hydrogen (secondary N) is 2. The average molecular weight is 786 g/mol. The van der Waals surface area contributed by atoms with Gasteiger partial charge in [-0.05, 0) is 77.8 Å². The highest BCUT2D eigenvalue weighted by molar-refractivity contribution is 5.98. The van der Waals surface area contributed by atoms with E-state index in [0.29, 0.717) is 19.5 Å². The summed E-state index contributed by atoms with van der Waals surface area (Å²) in [5.74, 6) is -4.56. The molecule has 0 aromatic heterocycles. The summed E-state index contributed by atoms with van der Waals surface area (Å²) in [4.78, 5) is 53.3. The van der Waals surface area contributed by atoms with Crippen LogP contribution in [-0.4, -0.2) is 65.1 Å². The third-order valence-electron chi connectivity index (χ3n) is 10.4. The average Bonchev–Trinajstić information content (AvgIpc) is 3.79. The maximum Gasteiger partial charge on any atom is 0.410 e. The van der Waals surface area contributed by atoms with E-state index in [2.05, 4.69) is 10.6 Å². The van der Waals surface area contributed by atoms with Gasteiger partial charge in [0.25, 0.3) is 11.4 Å². The van der Waals surface area contributed by atoms with E-state index in [1.54, 1.807) is 25.7 Å². The van der Waals surface area contributed by atoms with Gasteiger partial charge in [-0.15, -0.1) is 0 Å². The molecule has 3 aromatic carbocycles. The smallest absolute Gasteiger partial charge is 0.410 e. The number of carbonyl (C=O) groups excluding carboxylic acids is 2. The van der Waals surface area contributed by atoms with Crippen LogP contribution in [0.15, 0.2) is 36.4 Å². The predicted octanol–water partition coefficient (Wildman–Crippen LogP) is 8.51. The standard InChI is InChI=1S/C38H43F4N7O7/c1-38(2,3)56-37(51)46-14-8-9-32(46)36(50)44-29-20-25(40)23(18-34(29)49(54)55)31-11-10-30(22-17-33(48(52)53)28(43-4)19-24(22)39)47(31)21-15-26(41)35(27(42)16-21)45-12-6-5-7-13-45/h15-20,30-32,43H,5-14H2,1-4H3,(H,44,50)/t30-,31-,32?/m1/s1. The molecule has 0 saturated carbocycles. The molecule has 2 amide bonds. The number of hydrogen-bond acceptors (Lipinski definition) is 10. The Kier molecular flexibility index (Phi) is 11.3. The Morgan fingerprint density at radius 2 is 1.29 bits per heavy atom. The highest BCUT2D eigenvalue weighted by Crippen LogP contribution is 2.51. The number of benzene rings is 3. The number of nitrogens with zero attached hydrogens (tertiary/aromatic N) is 5. The Bertz CT molecular complexity index is 2030. The minimum absolute atomic E-state index is 0.00264. The molecule has 0 radical (unpaired) electrons. The van der Waals surface area contributed by atoms with Crippen molar-refractivity contribution in [2.75, 3.05) is 47.1 Å². The van der Waals surface area contributed by atoms with Gasteiger partial charge >= 0.3 is 6.09 Å².